The minimum absolute atomic E-state index is 0.169. The van der Waals surface area contributed by atoms with E-state index in [-0.39, 0.29) is 5.60 Å². The normalized spacial score (nSPS) is 31.7. The van der Waals surface area contributed by atoms with Crippen LogP contribution in [-0.2, 0) is 4.74 Å². The summed E-state index contributed by atoms with van der Waals surface area (Å²) in [5.41, 5.74) is 0.169. The second-order valence-electron chi connectivity index (χ2n) is 6.34. The molecule has 0 radical (unpaired) electrons. The summed E-state index contributed by atoms with van der Waals surface area (Å²) in [5, 5.41) is 3.50. The summed E-state index contributed by atoms with van der Waals surface area (Å²) < 4.78 is 6.11. The van der Waals surface area contributed by atoms with Gasteiger partial charge in [-0.05, 0) is 57.7 Å². The number of hydrogen-bond donors (Lipinski definition) is 1. The molecule has 2 atom stereocenters. The Balaban J connectivity index is 1.85. The van der Waals surface area contributed by atoms with Crippen molar-refractivity contribution in [3.63, 3.8) is 0 Å². The minimum Gasteiger partial charge on any atom is -0.375 e. The molecule has 2 aliphatic rings. The first kappa shape index (κ1) is 15.3. The number of likely N-dealkylation sites (tertiary alicyclic amines) is 1. The number of rotatable bonds is 6. The molecule has 2 unspecified atom stereocenters. The summed E-state index contributed by atoms with van der Waals surface area (Å²) in [4.78, 5) is 2.74. The number of nitrogens with zero attached hydrogens (tertiary/aromatic N) is 1. The predicted molar refractivity (Wildman–Crippen MR) is 80.5 cm³/mol. The minimum atomic E-state index is 0.169. The van der Waals surface area contributed by atoms with Crippen LogP contribution in [0.4, 0.5) is 0 Å². The van der Waals surface area contributed by atoms with Gasteiger partial charge in [0.25, 0.3) is 0 Å². The van der Waals surface area contributed by atoms with Crippen LogP contribution in [0.15, 0.2) is 0 Å². The van der Waals surface area contributed by atoms with Crippen LogP contribution in [0.2, 0.25) is 0 Å². The van der Waals surface area contributed by atoms with Gasteiger partial charge in [-0.3, -0.25) is 4.90 Å². The van der Waals surface area contributed by atoms with Crippen molar-refractivity contribution in [1.29, 1.82) is 0 Å². The van der Waals surface area contributed by atoms with Crippen molar-refractivity contribution < 1.29 is 4.74 Å². The Morgan fingerprint density at radius 1 is 1.21 bits per heavy atom. The van der Waals surface area contributed by atoms with E-state index in [0.717, 1.165) is 38.0 Å². The Morgan fingerprint density at radius 2 is 2.00 bits per heavy atom. The highest BCUT2D eigenvalue weighted by molar-refractivity contribution is 4.92. The highest BCUT2D eigenvalue weighted by Gasteiger charge is 2.38. The van der Waals surface area contributed by atoms with Crippen LogP contribution < -0.4 is 5.32 Å². The summed E-state index contributed by atoms with van der Waals surface area (Å²) in [6, 6.07) is 0.764. The zero-order valence-corrected chi connectivity index (χ0v) is 13.1. The summed E-state index contributed by atoms with van der Waals surface area (Å²) in [6.07, 6.45) is 6.17. The molecular weight excluding hydrogens is 236 g/mol. The molecule has 0 bridgehead atoms. The maximum absolute atomic E-state index is 6.11. The highest BCUT2D eigenvalue weighted by atomic mass is 16.5. The Bertz CT molecular complexity index is 265. The molecular formula is C16H32N2O. The van der Waals surface area contributed by atoms with E-state index in [9.17, 15) is 0 Å². The summed E-state index contributed by atoms with van der Waals surface area (Å²) in [5.74, 6) is 0.862. The molecule has 2 fully saturated rings. The molecule has 0 aromatic heterocycles. The average Bonchev–Trinajstić information content (AvgIpc) is 2.94. The highest BCUT2D eigenvalue weighted by Crippen LogP contribution is 2.35. The van der Waals surface area contributed by atoms with Gasteiger partial charge in [-0.15, -0.1) is 0 Å². The lowest BCUT2D eigenvalue weighted by Crippen LogP contribution is -2.47. The second kappa shape index (κ2) is 7.05. The van der Waals surface area contributed by atoms with Gasteiger partial charge in [-0.2, -0.15) is 0 Å². The lowest BCUT2D eigenvalue weighted by Gasteiger charge is -2.43. The maximum Gasteiger partial charge on any atom is 0.0692 e. The summed E-state index contributed by atoms with van der Waals surface area (Å²) >= 11 is 0. The molecule has 0 spiro atoms. The van der Waals surface area contributed by atoms with Crippen molar-refractivity contribution in [2.45, 2.75) is 64.5 Å². The van der Waals surface area contributed by atoms with Crippen LogP contribution in [0.25, 0.3) is 0 Å². The first-order valence-electron chi connectivity index (χ1n) is 8.31. The quantitative estimate of drug-likeness (QED) is 0.801. The van der Waals surface area contributed by atoms with Gasteiger partial charge in [-0.25, -0.2) is 0 Å². The molecule has 0 saturated carbocycles. The molecule has 2 rings (SSSR count). The van der Waals surface area contributed by atoms with Crippen LogP contribution in [0.1, 0.15) is 52.9 Å². The molecule has 112 valence electrons. The molecule has 1 N–H and O–H groups in total. The van der Waals surface area contributed by atoms with Gasteiger partial charge in [0.2, 0.25) is 0 Å². The zero-order chi connectivity index (χ0) is 13.7. The van der Waals surface area contributed by atoms with Gasteiger partial charge in [0.15, 0.2) is 0 Å². The van der Waals surface area contributed by atoms with Crippen molar-refractivity contribution in [2.75, 3.05) is 32.8 Å². The fraction of sp³-hybridized carbons (Fsp3) is 1.00. The van der Waals surface area contributed by atoms with Gasteiger partial charge in [0.1, 0.15) is 0 Å². The molecule has 0 aromatic carbocycles. The molecule has 2 saturated heterocycles. The van der Waals surface area contributed by atoms with E-state index >= 15 is 0 Å². The van der Waals surface area contributed by atoms with E-state index < -0.39 is 0 Å². The molecule has 0 aromatic rings. The molecule has 2 aliphatic heterocycles. The average molecular weight is 268 g/mol. The van der Waals surface area contributed by atoms with E-state index in [0.29, 0.717) is 0 Å². The molecule has 3 heteroatoms. The fourth-order valence-electron chi connectivity index (χ4n) is 3.77. The van der Waals surface area contributed by atoms with Crippen molar-refractivity contribution >= 4 is 0 Å². The van der Waals surface area contributed by atoms with Gasteiger partial charge >= 0.3 is 0 Å². The van der Waals surface area contributed by atoms with Gasteiger partial charge < -0.3 is 10.1 Å². The van der Waals surface area contributed by atoms with Crippen LogP contribution in [0, 0.1) is 5.92 Å². The molecule has 0 amide bonds. The smallest absolute Gasteiger partial charge is 0.0692 e. The van der Waals surface area contributed by atoms with Gasteiger partial charge in [-0.1, -0.05) is 20.8 Å². The number of ether oxygens (including phenoxy) is 1. The molecule has 19 heavy (non-hydrogen) atoms. The van der Waals surface area contributed by atoms with Crippen molar-refractivity contribution in [3.8, 4) is 0 Å². The van der Waals surface area contributed by atoms with Crippen LogP contribution in [-0.4, -0.2) is 49.3 Å². The lowest BCUT2D eigenvalue weighted by atomic mass is 9.85. The van der Waals surface area contributed by atoms with E-state index in [2.05, 4.69) is 31.0 Å². The monoisotopic (exact) mass is 268 g/mol. The van der Waals surface area contributed by atoms with Crippen LogP contribution >= 0.6 is 0 Å². The van der Waals surface area contributed by atoms with E-state index in [1.807, 2.05) is 0 Å². The van der Waals surface area contributed by atoms with E-state index in [1.165, 1.54) is 38.9 Å². The predicted octanol–water partition coefficient (Wildman–Crippen LogP) is 2.66. The van der Waals surface area contributed by atoms with Gasteiger partial charge in [0, 0.05) is 19.2 Å². The summed E-state index contributed by atoms with van der Waals surface area (Å²) in [7, 11) is 0. The lowest BCUT2D eigenvalue weighted by molar-refractivity contribution is -0.108. The van der Waals surface area contributed by atoms with Gasteiger partial charge in [0.05, 0.1) is 5.60 Å². The molecule has 3 nitrogen and oxygen atoms in total. The topological polar surface area (TPSA) is 24.5 Å². The Kier molecular flexibility index (Phi) is 5.67. The Hall–Kier alpha value is -0.120. The van der Waals surface area contributed by atoms with Crippen LogP contribution in [0.5, 0.6) is 0 Å². The third kappa shape index (κ3) is 3.71. The van der Waals surface area contributed by atoms with Crippen molar-refractivity contribution in [2.24, 2.45) is 5.92 Å². The number of nitrogens with one attached hydrogen (secondary N) is 1. The standard InChI is InChI=1S/C16H32N2O/c1-4-16(5-2)11-15(8-10-19-16)18-9-7-14(13-18)12-17-6-3/h14-15,17H,4-13H2,1-3H3. The first-order valence-corrected chi connectivity index (χ1v) is 8.31. The Morgan fingerprint density at radius 3 is 2.68 bits per heavy atom. The third-order valence-electron chi connectivity index (χ3n) is 5.27. The summed E-state index contributed by atoms with van der Waals surface area (Å²) in [6.45, 7) is 12.6. The largest absolute Gasteiger partial charge is 0.375 e. The zero-order valence-electron chi connectivity index (χ0n) is 13.1. The Labute approximate surface area is 119 Å². The van der Waals surface area contributed by atoms with E-state index in [4.69, 9.17) is 4.74 Å². The third-order valence-corrected chi connectivity index (χ3v) is 5.27. The maximum atomic E-state index is 6.11. The fourth-order valence-corrected chi connectivity index (χ4v) is 3.77. The second-order valence-corrected chi connectivity index (χ2v) is 6.34. The SMILES string of the molecule is CCNCC1CCN(C2CCOC(CC)(CC)C2)C1. The van der Waals surface area contributed by atoms with Crippen LogP contribution in [0.3, 0.4) is 0 Å². The van der Waals surface area contributed by atoms with Crippen molar-refractivity contribution in [1.82, 2.24) is 10.2 Å². The molecule has 0 aliphatic carbocycles. The number of hydrogen-bond acceptors (Lipinski definition) is 3. The molecule has 2 heterocycles. The first-order chi connectivity index (χ1) is 9.23. The van der Waals surface area contributed by atoms with E-state index in [1.54, 1.807) is 0 Å². The van der Waals surface area contributed by atoms with Crippen molar-refractivity contribution in [3.05, 3.63) is 0 Å².